The van der Waals surface area contributed by atoms with Gasteiger partial charge >= 0.3 is 12.2 Å². The molecule has 0 unspecified atom stereocenters. The molecular formula is C16H15F3N4O. The topological polar surface area (TPSA) is 49.3 Å². The van der Waals surface area contributed by atoms with Crippen molar-refractivity contribution in [3.8, 4) is 11.3 Å². The Morgan fingerprint density at radius 2 is 1.92 bits per heavy atom. The number of anilines is 1. The average molecular weight is 336 g/mol. The molecule has 1 aliphatic heterocycles. The van der Waals surface area contributed by atoms with E-state index in [9.17, 15) is 18.0 Å². The molecule has 2 amide bonds. The Kier molecular flexibility index (Phi) is 3.90. The molecule has 0 N–H and O–H groups in total. The van der Waals surface area contributed by atoms with E-state index in [0.717, 1.165) is 10.5 Å². The minimum absolute atomic E-state index is 0.169. The molecule has 126 valence electrons. The SMILES string of the molecule is Cc1cncc(-c2ccc(N3CCN(C)C3=O)c(C(F)(F)F)n2)c1. The van der Waals surface area contributed by atoms with Crippen molar-refractivity contribution in [1.29, 1.82) is 0 Å². The predicted molar refractivity (Wildman–Crippen MR) is 82.6 cm³/mol. The van der Waals surface area contributed by atoms with E-state index in [1.165, 1.54) is 23.2 Å². The summed E-state index contributed by atoms with van der Waals surface area (Å²) in [4.78, 5) is 22.3. The van der Waals surface area contributed by atoms with E-state index < -0.39 is 17.9 Å². The van der Waals surface area contributed by atoms with Crippen LogP contribution in [0.15, 0.2) is 30.6 Å². The number of hydrogen-bond acceptors (Lipinski definition) is 3. The Morgan fingerprint density at radius 3 is 2.50 bits per heavy atom. The van der Waals surface area contributed by atoms with Gasteiger partial charge in [0.05, 0.1) is 11.4 Å². The van der Waals surface area contributed by atoms with Crippen molar-refractivity contribution < 1.29 is 18.0 Å². The predicted octanol–water partition coefficient (Wildman–Crippen LogP) is 3.34. The summed E-state index contributed by atoms with van der Waals surface area (Å²) in [6.07, 6.45) is -1.59. The molecule has 0 radical (unpaired) electrons. The number of likely N-dealkylation sites (N-methyl/N-ethyl adjacent to an activating group) is 1. The van der Waals surface area contributed by atoms with Gasteiger partial charge in [0.2, 0.25) is 0 Å². The number of rotatable bonds is 2. The third-order valence-electron chi connectivity index (χ3n) is 3.82. The van der Waals surface area contributed by atoms with Gasteiger partial charge in [-0.05, 0) is 30.7 Å². The number of carbonyl (C=O) groups excluding carboxylic acids is 1. The van der Waals surface area contributed by atoms with Crippen LogP contribution in [0.25, 0.3) is 11.3 Å². The number of alkyl halides is 3. The first-order valence-corrected chi connectivity index (χ1v) is 7.30. The maximum atomic E-state index is 13.5. The Morgan fingerprint density at radius 1 is 1.17 bits per heavy atom. The highest BCUT2D eigenvalue weighted by Gasteiger charge is 2.40. The summed E-state index contributed by atoms with van der Waals surface area (Å²) >= 11 is 0. The van der Waals surface area contributed by atoms with E-state index in [1.54, 1.807) is 26.2 Å². The van der Waals surface area contributed by atoms with E-state index in [2.05, 4.69) is 9.97 Å². The molecule has 0 atom stereocenters. The zero-order chi connectivity index (χ0) is 17.5. The van der Waals surface area contributed by atoms with Crippen LogP contribution in [0.1, 0.15) is 11.3 Å². The summed E-state index contributed by atoms with van der Waals surface area (Å²) in [5, 5.41) is 0. The summed E-state index contributed by atoms with van der Waals surface area (Å²) < 4.78 is 40.4. The lowest BCUT2D eigenvalue weighted by Gasteiger charge is -2.21. The zero-order valence-corrected chi connectivity index (χ0v) is 13.1. The van der Waals surface area contributed by atoms with E-state index >= 15 is 0 Å². The van der Waals surface area contributed by atoms with E-state index in [-0.39, 0.29) is 17.9 Å². The third kappa shape index (κ3) is 2.91. The van der Waals surface area contributed by atoms with Crippen molar-refractivity contribution in [2.45, 2.75) is 13.1 Å². The molecule has 0 saturated carbocycles. The highest BCUT2D eigenvalue weighted by molar-refractivity contribution is 5.94. The van der Waals surface area contributed by atoms with Crippen LogP contribution in [-0.4, -0.2) is 41.0 Å². The zero-order valence-electron chi connectivity index (χ0n) is 13.1. The number of carbonyl (C=O) groups is 1. The second-order valence-corrected chi connectivity index (χ2v) is 5.67. The van der Waals surface area contributed by atoms with Crippen LogP contribution >= 0.6 is 0 Å². The van der Waals surface area contributed by atoms with Crippen molar-refractivity contribution in [3.05, 3.63) is 41.9 Å². The molecule has 0 spiro atoms. The standard InChI is InChI=1S/C16H15F3N4O/c1-10-7-11(9-20-8-10)12-3-4-13(14(21-12)16(17,18)19)23-6-5-22(2)15(23)24/h3-4,7-9H,5-6H2,1-2H3. The van der Waals surface area contributed by atoms with Crippen molar-refractivity contribution in [1.82, 2.24) is 14.9 Å². The van der Waals surface area contributed by atoms with E-state index in [0.29, 0.717) is 12.1 Å². The molecule has 1 saturated heterocycles. The Hall–Kier alpha value is -2.64. The van der Waals surface area contributed by atoms with Crippen molar-refractivity contribution >= 4 is 11.7 Å². The molecule has 0 aliphatic carbocycles. The number of halogens is 3. The fourth-order valence-corrected chi connectivity index (χ4v) is 2.60. The van der Waals surface area contributed by atoms with Crippen LogP contribution in [-0.2, 0) is 6.18 Å². The van der Waals surface area contributed by atoms with Crippen LogP contribution in [0.3, 0.4) is 0 Å². The number of urea groups is 1. The number of aromatic nitrogens is 2. The minimum atomic E-state index is -4.66. The van der Waals surface area contributed by atoms with E-state index in [1.807, 2.05) is 0 Å². The van der Waals surface area contributed by atoms with Crippen molar-refractivity contribution in [3.63, 3.8) is 0 Å². The second-order valence-electron chi connectivity index (χ2n) is 5.67. The van der Waals surface area contributed by atoms with E-state index in [4.69, 9.17) is 0 Å². The number of hydrogen-bond donors (Lipinski definition) is 0. The quantitative estimate of drug-likeness (QED) is 0.845. The van der Waals surface area contributed by atoms with Gasteiger partial charge in [-0.1, -0.05) is 0 Å². The molecule has 3 heterocycles. The Labute approximate surface area is 136 Å². The van der Waals surface area contributed by atoms with Gasteiger partial charge in [-0.2, -0.15) is 13.2 Å². The summed E-state index contributed by atoms with van der Waals surface area (Å²) in [7, 11) is 1.55. The third-order valence-corrected chi connectivity index (χ3v) is 3.82. The molecule has 5 nitrogen and oxygen atoms in total. The molecular weight excluding hydrogens is 321 g/mol. The Balaban J connectivity index is 2.10. The molecule has 2 aromatic heterocycles. The van der Waals surface area contributed by atoms with Gasteiger partial charge in [-0.25, -0.2) is 9.78 Å². The van der Waals surface area contributed by atoms with Crippen LogP contribution in [0.4, 0.5) is 23.7 Å². The van der Waals surface area contributed by atoms with Gasteiger partial charge in [0.1, 0.15) is 0 Å². The smallest absolute Gasteiger partial charge is 0.326 e. The number of aryl methyl sites for hydroxylation is 1. The molecule has 0 aromatic carbocycles. The molecule has 1 fully saturated rings. The molecule has 0 bridgehead atoms. The lowest BCUT2D eigenvalue weighted by molar-refractivity contribution is -0.140. The lowest BCUT2D eigenvalue weighted by Crippen LogP contribution is -2.31. The largest absolute Gasteiger partial charge is 0.435 e. The molecule has 24 heavy (non-hydrogen) atoms. The fraction of sp³-hybridized carbons (Fsp3) is 0.312. The second kappa shape index (κ2) is 5.77. The summed E-state index contributed by atoms with van der Waals surface area (Å²) in [6, 6.07) is 4.02. The first-order valence-electron chi connectivity index (χ1n) is 7.30. The van der Waals surface area contributed by atoms with Crippen molar-refractivity contribution in [2.24, 2.45) is 0 Å². The monoisotopic (exact) mass is 336 g/mol. The fourth-order valence-electron chi connectivity index (χ4n) is 2.60. The highest BCUT2D eigenvalue weighted by Crippen LogP contribution is 2.37. The molecule has 2 aromatic rings. The highest BCUT2D eigenvalue weighted by atomic mass is 19.4. The summed E-state index contributed by atoms with van der Waals surface area (Å²) in [5.41, 5.74) is 0.203. The van der Waals surface area contributed by atoms with Gasteiger partial charge in [-0.15, -0.1) is 0 Å². The lowest BCUT2D eigenvalue weighted by atomic mass is 10.1. The van der Waals surface area contributed by atoms with Crippen LogP contribution in [0.2, 0.25) is 0 Å². The van der Waals surface area contributed by atoms with Gasteiger partial charge in [0, 0.05) is 38.1 Å². The molecule has 1 aliphatic rings. The van der Waals surface area contributed by atoms with Crippen LogP contribution in [0.5, 0.6) is 0 Å². The normalized spacial score (nSPS) is 15.3. The maximum Gasteiger partial charge on any atom is 0.435 e. The minimum Gasteiger partial charge on any atom is -0.326 e. The first-order chi connectivity index (χ1) is 11.3. The first kappa shape index (κ1) is 16.2. The average Bonchev–Trinajstić information content (AvgIpc) is 2.85. The van der Waals surface area contributed by atoms with Gasteiger partial charge in [0.25, 0.3) is 0 Å². The number of pyridine rings is 2. The summed E-state index contributed by atoms with van der Waals surface area (Å²) in [5.74, 6) is 0. The maximum absolute atomic E-state index is 13.5. The Bertz CT molecular complexity index is 791. The van der Waals surface area contributed by atoms with Crippen LogP contribution < -0.4 is 4.90 Å². The van der Waals surface area contributed by atoms with Crippen molar-refractivity contribution in [2.75, 3.05) is 25.0 Å². The van der Waals surface area contributed by atoms with Gasteiger partial charge in [0.15, 0.2) is 5.69 Å². The number of amides is 2. The van der Waals surface area contributed by atoms with Gasteiger partial charge in [-0.3, -0.25) is 9.88 Å². The van der Waals surface area contributed by atoms with Crippen LogP contribution in [0, 0.1) is 6.92 Å². The summed E-state index contributed by atoms with van der Waals surface area (Å²) in [6.45, 7) is 2.37. The van der Waals surface area contributed by atoms with Gasteiger partial charge < -0.3 is 4.90 Å². The molecule has 3 rings (SSSR count). The number of nitrogens with zero attached hydrogens (tertiary/aromatic N) is 4. The molecule has 8 heteroatoms.